The van der Waals surface area contributed by atoms with Crippen molar-refractivity contribution < 1.29 is 23.9 Å². The number of nitrogens with two attached hydrogens (primary N) is 2. The Labute approximate surface area is 247 Å². The summed E-state index contributed by atoms with van der Waals surface area (Å²) in [5.74, 6) is -1.98. The molecule has 172 valence electrons. The minimum atomic E-state index is -1.52. The summed E-state index contributed by atoms with van der Waals surface area (Å²) in [5, 5.41) is 0. The van der Waals surface area contributed by atoms with Crippen molar-refractivity contribution in [2.75, 3.05) is 11.5 Å². The zero-order valence-corrected chi connectivity index (χ0v) is 17.2. The Balaban J connectivity index is 0.00000228. The topological polar surface area (TPSA) is 199 Å². The molecule has 13 nitrogen and oxygen atoms in total. The molecular weight excluding hydrogens is 490 g/mol. The maximum absolute atomic E-state index is 12.1. The minimum absolute atomic E-state index is 0. The van der Waals surface area contributed by atoms with Gasteiger partial charge in [0.2, 0.25) is 11.9 Å². The second-order valence-electron chi connectivity index (χ2n) is 6.55. The van der Waals surface area contributed by atoms with Crippen LogP contribution in [0.3, 0.4) is 0 Å². The fourth-order valence-electron chi connectivity index (χ4n) is 2.62. The van der Waals surface area contributed by atoms with Gasteiger partial charge in [-0.3, -0.25) is 0 Å². The average Bonchev–Trinajstić information content (AvgIpc) is 2.85. The molecule has 4 N–H and O–H groups in total. The number of aromatic nitrogens is 6. The predicted molar refractivity (Wildman–Crippen MR) is 130 cm³/mol. The van der Waals surface area contributed by atoms with Crippen LogP contribution in [-0.2, 0) is 9.47 Å². The second kappa shape index (κ2) is 13.1. The molecule has 4 heterocycles. The van der Waals surface area contributed by atoms with Gasteiger partial charge in [0.15, 0.2) is 0 Å². The molecule has 0 atom stereocenters. The number of nitrogens with zero attached hydrogens (tertiary/aromatic N) is 6. The molecule has 0 amide bonds. The molecule has 0 aliphatic carbocycles. The molecule has 0 saturated carbocycles. The summed E-state index contributed by atoms with van der Waals surface area (Å²) in [7, 11) is 0. The van der Waals surface area contributed by atoms with E-state index in [1.165, 1.54) is 49.3 Å². The van der Waals surface area contributed by atoms with E-state index < -0.39 is 18.1 Å². The van der Waals surface area contributed by atoms with Crippen LogP contribution in [0, 0.1) is 0 Å². The number of anilines is 2. The number of carbonyl (C=O) groups excluding carboxylic acids is 3. The van der Waals surface area contributed by atoms with Crippen molar-refractivity contribution in [3.63, 3.8) is 0 Å². The third-order valence-corrected chi connectivity index (χ3v) is 4.31. The molecule has 0 aliphatic heterocycles. The van der Waals surface area contributed by atoms with Crippen molar-refractivity contribution in [2.45, 2.75) is 0 Å². The molecule has 4 aromatic rings. The number of pyridine rings is 2. The first-order valence-electron chi connectivity index (χ1n) is 9.45. The van der Waals surface area contributed by atoms with Gasteiger partial charge in [0.1, 0.15) is 11.4 Å². The van der Waals surface area contributed by atoms with E-state index in [0.29, 0.717) is 22.3 Å². The van der Waals surface area contributed by atoms with Gasteiger partial charge in [-0.1, -0.05) is 12.1 Å². The van der Waals surface area contributed by atoms with Crippen LogP contribution in [-0.4, -0.2) is 107 Å². The standard InChI is InChI=1S/C21H14N8O5.2Na.2H/c22-19-26-7-13(8-27-19)11-1-3-15(24-5-11)17(30)33-21(32)34-18(31)16-4-2-12(6-25-16)14-9-28-20(23)29-10-14;;;;/h1-10H,(H2,22,26,27)(H2,23,28,29);;;;. The molecule has 0 radical (unpaired) electrons. The Kier molecular flexibility index (Phi) is 10.5. The predicted octanol–water partition coefficient (Wildman–Crippen LogP) is 0.392. The van der Waals surface area contributed by atoms with Crippen molar-refractivity contribution in [3.05, 3.63) is 72.8 Å². The van der Waals surface area contributed by atoms with E-state index in [-0.39, 0.29) is 82.4 Å². The third kappa shape index (κ3) is 7.34. The Morgan fingerprint density at radius 1 is 0.528 bits per heavy atom. The van der Waals surface area contributed by atoms with Crippen LogP contribution >= 0.6 is 0 Å². The van der Waals surface area contributed by atoms with Crippen LogP contribution in [0.4, 0.5) is 16.7 Å². The first kappa shape index (κ1) is 28.9. The number of rotatable bonds is 4. The molecule has 0 aliphatic rings. The summed E-state index contributed by atoms with van der Waals surface area (Å²) in [5.41, 5.74) is 13.0. The Hall–Kier alpha value is -3.33. The van der Waals surface area contributed by atoms with Crippen molar-refractivity contribution >= 4 is 89.1 Å². The quantitative estimate of drug-likeness (QED) is 0.219. The summed E-state index contributed by atoms with van der Waals surface area (Å²) in [4.78, 5) is 59.4. The van der Waals surface area contributed by atoms with Gasteiger partial charge in [-0.25, -0.2) is 44.3 Å². The first-order chi connectivity index (χ1) is 16.4. The number of hydrogen-bond acceptors (Lipinski definition) is 13. The summed E-state index contributed by atoms with van der Waals surface area (Å²) >= 11 is 0. The monoisotopic (exact) mass is 506 g/mol. The molecule has 36 heavy (non-hydrogen) atoms. The number of nitrogen functional groups attached to an aromatic ring is 2. The third-order valence-electron chi connectivity index (χ3n) is 4.31. The zero-order valence-electron chi connectivity index (χ0n) is 17.2. The summed E-state index contributed by atoms with van der Waals surface area (Å²) in [6, 6.07) is 5.74. The van der Waals surface area contributed by atoms with Gasteiger partial charge >= 0.3 is 77.2 Å². The molecule has 0 saturated heterocycles. The van der Waals surface area contributed by atoms with Gasteiger partial charge in [0.25, 0.3) is 0 Å². The normalized spacial score (nSPS) is 9.78. The van der Waals surface area contributed by atoms with E-state index in [1.54, 1.807) is 12.1 Å². The number of carbonyl (C=O) groups is 3. The average molecular weight is 506 g/mol. The van der Waals surface area contributed by atoms with Gasteiger partial charge in [-0.05, 0) is 12.1 Å². The zero-order chi connectivity index (χ0) is 24.1. The maximum atomic E-state index is 12.1. The van der Waals surface area contributed by atoms with Gasteiger partial charge in [0.05, 0.1) is 0 Å². The Morgan fingerprint density at radius 3 is 1.17 bits per heavy atom. The van der Waals surface area contributed by atoms with Crippen LogP contribution in [0.5, 0.6) is 0 Å². The Morgan fingerprint density at radius 2 is 0.861 bits per heavy atom. The van der Waals surface area contributed by atoms with Crippen molar-refractivity contribution in [3.8, 4) is 22.3 Å². The van der Waals surface area contributed by atoms with Crippen LogP contribution in [0.2, 0.25) is 0 Å². The molecule has 15 heteroatoms. The first-order valence-corrected chi connectivity index (χ1v) is 9.45. The van der Waals surface area contributed by atoms with Gasteiger partial charge < -0.3 is 20.9 Å². The van der Waals surface area contributed by atoms with E-state index in [2.05, 4.69) is 39.4 Å². The molecule has 0 spiro atoms. The number of esters is 2. The summed E-state index contributed by atoms with van der Waals surface area (Å²) < 4.78 is 9.03. The second-order valence-corrected chi connectivity index (χ2v) is 6.55. The van der Waals surface area contributed by atoms with Crippen LogP contribution in [0.25, 0.3) is 22.3 Å². The molecule has 0 bridgehead atoms. The molecule has 4 rings (SSSR count). The van der Waals surface area contributed by atoms with Crippen LogP contribution < -0.4 is 11.5 Å². The van der Waals surface area contributed by atoms with Crippen molar-refractivity contribution in [1.82, 2.24) is 29.9 Å². The molecule has 0 aromatic carbocycles. The van der Waals surface area contributed by atoms with Gasteiger partial charge in [-0.15, -0.1) is 0 Å². The SMILES string of the molecule is Nc1ncc(-c2ccc(C(=O)OC(=O)OC(=O)c3ccc(-c4cnc(N)nc4)cn3)nc2)cn1.[NaH].[NaH]. The number of hydrogen-bond donors (Lipinski definition) is 2. The molecular formula is C21H16N8Na2O5. The van der Waals surface area contributed by atoms with E-state index >= 15 is 0 Å². The fourth-order valence-corrected chi connectivity index (χ4v) is 2.62. The molecule has 4 aromatic heterocycles. The van der Waals surface area contributed by atoms with E-state index in [4.69, 9.17) is 11.5 Å². The van der Waals surface area contributed by atoms with Gasteiger partial charge in [-0.2, -0.15) is 0 Å². The molecule has 0 unspecified atom stereocenters. The summed E-state index contributed by atoms with van der Waals surface area (Å²) in [6.45, 7) is 0. The van der Waals surface area contributed by atoms with Crippen molar-refractivity contribution in [1.29, 1.82) is 0 Å². The van der Waals surface area contributed by atoms with E-state index in [0.717, 1.165) is 0 Å². The van der Waals surface area contributed by atoms with Crippen LogP contribution in [0.15, 0.2) is 61.4 Å². The van der Waals surface area contributed by atoms with Crippen LogP contribution in [0.1, 0.15) is 21.0 Å². The summed E-state index contributed by atoms with van der Waals surface area (Å²) in [6.07, 6.45) is 7.16. The number of ether oxygens (including phenoxy) is 2. The van der Waals surface area contributed by atoms with E-state index in [1.807, 2.05) is 0 Å². The fraction of sp³-hybridized carbons (Fsp3) is 0. The Bertz CT molecular complexity index is 1250. The van der Waals surface area contributed by atoms with Gasteiger partial charge in [0, 0.05) is 59.4 Å². The molecule has 0 fully saturated rings. The van der Waals surface area contributed by atoms with E-state index in [9.17, 15) is 14.4 Å². The van der Waals surface area contributed by atoms with Crippen molar-refractivity contribution in [2.24, 2.45) is 0 Å².